The topological polar surface area (TPSA) is 59.4 Å². The second-order valence-corrected chi connectivity index (χ2v) is 11.2. The van der Waals surface area contributed by atoms with Gasteiger partial charge in [-0.25, -0.2) is 14.2 Å². The van der Waals surface area contributed by atoms with Crippen LogP contribution in [0.2, 0.25) is 5.02 Å². The summed E-state index contributed by atoms with van der Waals surface area (Å²) in [5.41, 5.74) is 4.42. The van der Waals surface area contributed by atoms with Crippen molar-refractivity contribution in [2.75, 3.05) is 6.61 Å². The molecule has 36 heavy (non-hydrogen) atoms. The van der Waals surface area contributed by atoms with Crippen molar-refractivity contribution in [3.05, 3.63) is 98.8 Å². The molecule has 0 saturated carbocycles. The molecule has 0 radical (unpaired) electrons. The van der Waals surface area contributed by atoms with Crippen molar-refractivity contribution in [1.29, 1.82) is 0 Å². The van der Waals surface area contributed by atoms with Gasteiger partial charge in [0.15, 0.2) is 6.61 Å². The molecular formula is C28H25ClFNO3S2. The van der Waals surface area contributed by atoms with Gasteiger partial charge in [-0.2, -0.15) is 0 Å². The summed E-state index contributed by atoms with van der Waals surface area (Å²) in [6.07, 6.45) is 0.392. The highest BCUT2D eigenvalue weighted by molar-refractivity contribution is 7.99. The molecule has 0 aliphatic heterocycles. The fraction of sp³-hybridized carbons (Fsp3) is 0.214. The predicted molar refractivity (Wildman–Crippen MR) is 145 cm³/mol. The summed E-state index contributed by atoms with van der Waals surface area (Å²) in [7, 11) is 0. The number of benzene rings is 3. The number of hydrogen-bond acceptors (Lipinski definition) is 5. The first-order chi connectivity index (χ1) is 17.2. The molecule has 3 aromatic carbocycles. The van der Waals surface area contributed by atoms with Gasteiger partial charge >= 0.3 is 5.97 Å². The number of aromatic nitrogens is 1. The number of rotatable bonds is 9. The van der Waals surface area contributed by atoms with E-state index in [0.29, 0.717) is 22.8 Å². The molecule has 0 bridgehead atoms. The maximum atomic E-state index is 14.8. The zero-order valence-electron chi connectivity index (χ0n) is 20.0. The molecule has 8 heteroatoms. The fourth-order valence-electron chi connectivity index (χ4n) is 3.79. The summed E-state index contributed by atoms with van der Waals surface area (Å²) in [5, 5.41) is 10.1. The largest absolute Gasteiger partial charge is 0.482 e. The molecule has 1 N–H and O–H groups in total. The van der Waals surface area contributed by atoms with E-state index < -0.39 is 12.6 Å². The lowest BCUT2D eigenvalue weighted by Gasteiger charge is -2.18. The van der Waals surface area contributed by atoms with Crippen LogP contribution in [0.1, 0.15) is 32.5 Å². The van der Waals surface area contributed by atoms with Gasteiger partial charge in [0.25, 0.3) is 0 Å². The normalized spacial score (nSPS) is 11.9. The molecule has 1 atom stereocenters. The monoisotopic (exact) mass is 541 g/mol. The number of ether oxygens (including phenoxy) is 1. The van der Waals surface area contributed by atoms with Crippen LogP contribution in [0.5, 0.6) is 5.75 Å². The summed E-state index contributed by atoms with van der Waals surface area (Å²) >= 11 is 9.61. The highest BCUT2D eigenvalue weighted by atomic mass is 35.5. The lowest BCUT2D eigenvalue weighted by Crippen LogP contribution is -2.10. The second kappa shape index (κ2) is 11.5. The Kier molecular flexibility index (Phi) is 8.34. The molecule has 0 saturated heterocycles. The first kappa shape index (κ1) is 26.2. The van der Waals surface area contributed by atoms with E-state index in [1.165, 1.54) is 11.6 Å². The quantitative estimate of drug-likeness (QED) is 0.217. The number of carbonyl (C=O) groups is 1. The smallest absolute Gasteiger partial charge is 0.341 e. The third kappa shape index (κ3) is 6.27. The van der Waals surface area contributed by atoms with Crippen LogP contribution in [0.3, 0.4) is 0 Å². The predicted octanol–water partition coefficient (Wildman–Crippen LogP) is 8.07. The summed E-state index contributed by atoms with van der Waals surface area (Å²) in [4.78, 5) is 17.7. The maximum Gasteiger partial charge on any atom is 0.341 e. The Morgan fingerprint density at radius 3 is 2.56 bits per heavy atom. The van der Waals surface area contributed by atoms with Crippen molar-refractivity contribution in [1.82, 2.24) is 4.98 Å². The molecule has 0 spiro atoms. The molecule has 186 valence electrons. The van der Waals surface area contributed by atoms with Gasteiger partial charge in [-0.05, 0) is 63.1 Å². The van der Waals surface area contributed by atoms with Gasteiger partial charge in [-0.3, -0.25) is 0 Å². The van der Waals surface area contributed by atoms with Crippen LogP contribution in [-0.2, 0) is 11.2 Å². The highest BCUT2D eigenvalue weighted by Crippen LogP contribution is 2.45. The van der Waals surface area contributed by atoms with Crippen LogP contribution in [0, 0.1) is 26.6 Å². The minimum absolute atomic E-state index is 0.138. The summed E-state index contributed by atoms with van der Waals surface area (Å²) in [5.74, 6) is -0.839. The Morgan fingerprint density at radius 1 is 1.14 bits per heavy atom. The van der Waals surface area contributed by atoms with E-state index in [1.54, 1.807) is 41.3 Å². The maximum absolute atomic E-state index is 14.8. The number of thiazole rings is 1. The number of carboxylic acid groups (broad SMARTS) is 1. The van der Waals surface area contributed by atoms with E-state index >= 15 is 0 Å². The van der Waals surface area contributed by atoms with Crippen LogP contribution < -0.4 is 4.74 Å². The minimum Gasteiger partial charge on any atom is -0.482 e. The van der Waals surface area contributed by atoms with Crippen LogP contribution in [0.15, 0.2) is 65.6 Å². The zero-order valence-corrected chi connectivity index (χ0v) is 22.4. The van der Waals surface area contributed by atoms with Crippen molar-refractivity contribution in [2.24, 2.45) is 0 Å². The van der Waals surface area contributed by atoms with Crippen molar-refractivity contribution in [2.45, 2.75) is 37.3 Å². The van der Waals surface area contributed by atoms with E-state index in [-0.39, 0.29) is 11.1 Å². The number of hydrogen-bond donors (Lipinski definition) is 1. The molecule has 1 heterocycles. The average molecular weight is 542 g/mol. The molecule has 4 aromatic rings. The lowest BCUT2D eigenvalue weighted by molar-refractivity contribution is -0.139. The Hall–Kier alpha value is -2.87. The van der Waals surface area contributed by atoms with Gasteiger partial charge in [-0.1, -0.05) is 47.5 Å². The molecule has 0 aliphatic carbocycles. The summed E-state index contributed by atoms with van der Waals surface area (Å²) < 4.78 is 20.1. The average Bonchev–Trinajstić information content (AvgIpc) is 3.22. The van der Waals surface area contributed by atoms with E-state index in [9.17, 15) is 9.18 Å². The van der Waals surface area contributed by atoms with Gasteiger partial charge in [0.2, 0.25) is 0 Å². The standard InChI is InChI=1S/C28H25ClFNO3S2/c1-16-7-9-19(10-8-16)28-31-18(3)27(36-28)25(14-21-22(29)5-4-6-23(21)30)35-20-11-12-24(17(2)13-20)34-15-26(32)33/h4-13,25H,14-15H2,1-3H3,(H,32,33). The van der Waals surface area contributed by atoms with Crippen LogP contribution >= 0.6 is 34.7 Å². The fourth-order valence-corrected chi connectivity index (χ4v) is 6.62. The van der Waals surface area contributed by atoms with Crippen LogP contribution in [-0.4, -0.2) is 22.7 Å². The van der Waals surface area contributed by atoms with Gasteiger partial charge in [0, 0.05) is 31.2 Å². The van der Waals surface area contributed by atoms with E-state index in [0.717, 1.165) is 31.6 Å². The second-order valence-electron chi connectivity index (χ2n) is 8.46. The number of carboxylic acids is 1. The molecule has 4 rings (SSSR count). The van der Waals surface area contributed by atoms with Crippen molar-refractivity contribution >= 4 is 40.7 Å². The molecule has 1 unspecified atom stereocenters. The first-order valence-electron chi connectivity index (χ1n) is 11.3. The molecule has 4 nitrogen and oxygen atoms in total. The van der Waals surface area contributed by atoms with Crippen molar-refractivity contribution in [3.8, 4) is 16.3 Å². The molecular weight excluding hydrogens is 517 g/mol. The third-order valence-corrected chi connectivity index (χ3v) is 8.69. The number of aliphatic carboxylic acids is 1. The van der Waals surface area contributed by atoms with Crippen LogP contribution in [0.4, 0.5) is 4.39 Å². The number of nitrogens with zero attached hydrogens (tertiary/aromatic N) is 1. The Morgan fingerprint density at radius 2 is 1.89 bits per heavy atom. The van der Waals surface area contributed by atoms with Gasteiger partial charge in [0.1, 0.15) is 16.6 Å². The number of aryl methyl sites for hydroxylation is 3. The summed E-state index contributed by atoms with van der Waals surface area (Å²) in [6.45, 7) is 5.50. The SMILES string of the molecule is Cc1ccc(-c2nc(C)c(C(Cc3c(F)cccc3Cl)Sc3ccc(OCC(=O)O)c(C)c3)s2)cc1. The Bertz CT molecular complexity index is 1370. The van der Waals surface area contributed by atoms with E-state index in [4.69, 9.17) is 26.4 Å². The van der Waals surface area contributed by atoms with Gasteiger partial charge < -0.3 is 9.84 Å². The van der Waals surface area contributed by atoms with E-state index in [1.807, 2.05) is 32.9 Å². The minimum atomic E-state index is -1.03. The Labute approximate surface area is 223 Å². The molecule has 0 amide bonds. The van der Waals surface area contributed by atoms with Crippen molar-refractivity contribution in [3.63, 3.8) is 0 Å². The lowest BCUT2D eigenvalue weighted by atomic mass is 10.1. The first-order valence-corrected chi connectivity index (χ1v) is 13.4. The molecule has 0 fully saturated rings. The van der Waals surface area contributed by atoms with E-state index in [2.05, 4.69) is 24.3 Å². The number of thioether (sulfide) groups is 1. The Balaban J connectivity index is 1.69. The third-order valence-electron chi connectivity index (χ3n) is 5.65. The van der Waals surface area contributed by atoms with Crippen LogP contribution in [0.25, 0.3) is 10.6 Å². The number of halogens is 2. The molecule has 1 aromatic heterocycles. The molecule has 0 aliphatic rings. The van der Waals surface area contributed by atoms with Gasteiger partial charge in [-0.15, -0.1) is 23.1 Å². The zero-order chi connectivity index (χ0) is 25.8. The summed E-state index contributed by atoms with van der Waals surface area (Å²) in [6, 6.07) is 18.6. The van der Waals surface area contributed by atoms with Gasteiger partial charge in [0.05, 0.1) is 5.69 Å². The van der Waals surface area contributed by atoms with Crippen molar-refractivity contribution < 1.29 is 19.0 Å². The highest BCUT2D eigenvalue weighted by Gasteiger charge is 2.24.